The number of Topliss-reactive ketones (excluding diaryl/α,β-unsaturated/α-hetero) is 1. The van der Waals surface area contributed by atoms with E-state index in [4.69, 9.17) is 9.47 Å². The van der Waals surface area contributed by atoms with Gasteiger partial charge >= 0.3 is 0 Å². The van der Waals surface area contributed by atoms with Gasteiger partial charge in [0.1, 0.15) is 17.9 Å². The fourth-order valence-corrected chi connectivity index (χ4v) is 5.25. The van der Waals surface area contributed by atoms with Gasteiger partial charge in [0, 0.05) is 24.8 Å². The molecule has 4 nitrogen and oxygen atoms in total. The number of ether oxygens (including phenoxy) is 2. The first-order valence-electron chi connectivity index (χ1n) is 16.4. The summed E-state index contributed by atoms with van der Waals surface area (Å²) in [7, 11) is 0. The quantitative estimate of drug-likeness (QED) is 0.119. The van der Waals surface area contributed by atoms with Crippen LogP contribution in [-0.2, 0) is 4.74 Å². The highest BCUT2D eigenvalue weighted by Gasteiger charge is 2.18. The second-order valence-electron chi connectivity index (χ2n) is 12.5. The molecule has 0 unspecified atom stereocenters. The molecule has 0 atom stereocenters. The smallest absolute Gasteiger partial charge is 0.162 e. The van der Waals surface area contributed by atoms with Crippen molar-refractivity contribution >= 4 is 17.4 Å². The van der Waals surface area contributed by atoms with Gasteiger partial charge in [0.15, 0.2) is 5.78 Å². The highest BCUT2D eigenvalue weighted by molar-refractivity contribution is 5.96. The van der Waals surface area contributed by atoms with Gasteiger partial charge in [0.05, 0.1) is 18.8 Å². The van der Waals surface area contributed by atoms with Crippen molar-refractivity contribution in [2.24, 2.45) is 5.92 Å². The van der Waals surface area contributed by atoms with Gasteiger partial charge in [-0.1, -0.05) is 108 Å². The number of carbonyl (C=O) groups excluding carboxylic acids is 1. The molecule has 0 radical (unpaired) electrons. The van der Waals surface area contributed by atoms with Gasteiger partial charge in [-0.2, -0.15) is 5.26 Å². The van der Waals surface area contributed by atoms with E-state index in [1.165, 1.54) is 19.3 Å². The van der Waals surface area contributed by atoms with Gasteiger partial charge in [0.25, 0.3) is 0 Å². The number of ketones is 1. The lowest BCUT2D eigenvalue weighted by atomic mass is 9.93. The van der Waals surface area contributed by atoms with Crippen LogP contribution in [0.15, 0.2) is 60.7 Å². The van der Waals surface area contributed by atoms with Crippen LogP contribution < -0.4 is 4.74 Å². The van der Waals surface area contributed by atoms with Gasteiger partial charge in [-0.05, 0) is 71.7 Å². The summed E-state index contributed by atoms with van der Waals surface area (Å²) in [6.07, 6.45) is 10.4. The van der Waals surface area contributed by atoms with Crippen molar-refractivity contribution < 1.29 is 14.3 Å². The van der Waals surface area contributed by atoms with Crippen LogP contribution in [0.3, 0.4) is 0 Å². The van der Waals surface area contributed by atoms with Crippen LogP contribution in [-0.4, -0.2) is 25.1 Å². The molecule has 1 aliphatic rings. The van der Waals surface area contributed by atoms with Crippen molar-refractivity contribution in [1.29, 1.82) is 5.26 Å². The fraction of sp³-hybridized carbons (Fsp3) is 0.450. The second-order valence-corrected chi connectivity index (χ2v) is 12.5. The summed E-state index contributed by atoms with van der Waals surface area (Å²) >= 11 is 0. The first kappa shape index (κ1) is 34.8. The maximum absolute atomic E-state index is 12.6. The van der Waals surface area contributed by atoms with Gasteiger partial charge in [0.2, 0.25) is 0 Å². The molecule has 3 aromatic rings. The summed E-state index contributed by atoms with van der Waals surface area (Å²) in [6.45, 7) is 14.3. The summed E-state index contributed by atoms with van der Waals surface area (Å²) in [5, 5.41) is 9.83. The van der Waals surface area contributed by atoms with Crippen molar-refractivity contribution in [3.05, 3.63) is 88.5 Å². The minimum Gasteiger partial charge on any atom is -0.489 e. The Labute approximate surface area is 266 Å². The summed E-state index contributed by atoms with van der Waals surface area (Å²) in [5.74, 6) is 1.70. The molecule has 234 valence electrons. The van der Waals surface area contributed by atoms with Crippen LogP contribution in [0.25, 0.3) is 22.8 Å². The summed E-state index contributed by atoms with van der Waals surface area (Å²) in [5.41, 5.74) is 7.96. The SMILES string of the molecule is CC(C)C.CCCCCCCC(=O)c1ccc(/C(C)=C/c2cccc(-c3ccc(OC4CCOCC4)c(C#N)c3)c2C)cc1. The number of hydrogen-bond acceptors (Lipinski definition) is 4. The number of nitriles is 1. The molecular formula is C40H51NO3. The lowest BCUT2D eigenvalue weighted by molar-refractivity contribution is 0.0254. The van der Waals surface area contributed by atoms with Crippen LogP contribution in [0.2, 0.25) is 0 Å². The van der Waals surface area contributed by atoms with Crippen molar-refractivity contribution in [2.75, 3.05) is 13.2 Å². The molecule has 1 heterocycles. The minimum atomic E-state index is 0.0904. The summed E-state index contributed by atoms with van der Waals surface area (Å²) < 4.78 is 11.6. The average molecular weight is 594 g/mol. The standard InChI is InChI=1S/C36H41NO3.C4H10/c1-4-5-6-7-8-12-35(38)29-15-13-28(14-16-29)26(2)23-30-10-9-11-34(27(30)3)31-17-18-36(32(24-31)25-37)40-33-19-21-39-22-20-33;1-4(2)3/h9-11,13-18,23-24,33H,4-8,12,19-22H2,1-3H3;4H,1-3H3/b26-23+;. The van der Waals surface area contributed by atoms with E-state index in [9.17, 15) is 10.1 Å². The third-order valence-corrected chi connectivity index (χ3v) is 7.79. The van der Waals surface area contributed by atoms with E-state index in [0.29, 0.717) is 30.9 Å². The molecule has 0 aliphatic carbocycles. The van der Waals surface area contributed by atoms with E-state index in [0.717, 1.165) is 70.6 Å². The number of allylic oxidation sites excluding steroid dienone is 1. The Hall–Kier alpha value is -3.68. The van der Waals surface area contributed by atoms with Crippen molar-refractivity contribution in [3.8, 4) is 22.9 Å². The molecule has 0 amide bonds. The fourth-order valence-electron chi connectivity index (χ4n) is 5.25. The molecule has 4 heteroatoms. The molecule has 4 rings (SSSR count). The molecule has 0 saturated carbocycles. The molecule has 0 aromatic heterocycles. The Kier molecular flexibility index (Phi) is 14.4. The van der Waals surface area contributed by atoms with E-state index < -0.39 is 0 Å². The Morgan fingerprint density at radius 1 is 0.977 bits per heavy atom. The van der Waals surface area contributed by atoms with Gasteiger partial charge in [-0.25, -0.2) is 0 Å². The van der Waals surface area contributed by atoms with Crippen molar-refractivity contribution in [2.45, 2.75) is 99.0 Å². The van der Waals surface area contributed by atoms with Gasteiger partial charge < -0.3 is 9.47 Å². The zero-order valence-corrected chi connectivity index (χ0v) is 27.7. The Morgan fingerprint density at radius 2 is 1.64 bits per heavy atom. The first-order valence-corrected chi connectivity index (χ1v) is 16.4. The molecule has 0 N–H and O–H groups in total. The maximum Gasteiger partial charge on any atom is 0.162 e. The normalized spacial score (nSPS) is 13.6. The lowest BCUT2D eigenvalue weighted by Gasteiger charge is -2.24. The molecular weight excluding hydrogens is 542 g/mol. The molecule has 1 aliphatic heterocycles. The third kappa shape index (κ3) is 10.8. The lowest BCUT2D eigenvalue weighted by Crippen LogP contribution is -2.26. The molecule has 1 fully saturated rings. The van der Waals surface area contributed by atoms with E-state index in [2.05, 4.69) is 71.9 Å². The zero-order valence-electron chi connectivity index (χ0n) is 27.7. The monoisotopic (exact) mass is 593 g/mol. The van der Waals surface area contributed by atoms with Crippen LogP contribution in [0, 0.1) is 24.2 Å². The summed E-state index contributed by atoms with van der Waals surface area (Å²) in [6, 6.07) is 22.5. The van der Waals surface area contributed by atoms with Crippen LogP contribution in [0.1, 0.15) is 119 Å². The molecule has 0 bridgehead atoms. The van der Waals surface area contributed by atoms with Crippen LogP contribution >= 0.6 is 0 Å². The van der Waals surface area contributed by atoms with E-state index in [1.807, 2.05) is 42.5 Å². The molecule has 44 heavy (non-hydrogen) atoms. The van der Waals surface area contributed by atoms with E-state index in [1.54, 1.807) is 0 Å². The summed E-state index contributed by atoms with van der Waals surface area (Å²) in [4.78, 5) is 12.6. The zero-order chi connectivity index (χ0) is 31.9. The predicted molar refractivity (Wildman–Crippen MR) is 184 cm³/mol. The van der Waals surface area contributed by atoms with E-state index >= 15 is 0 Å². The average Bonchev–Trinajstić information content (AvgIpc) is 3.02. The highest BCUT2D eigenvalue weighted by atomic mass is 16.5. The first-order chi connectivity index (χ1) is 21.2. The third-order valence-electron chi connectivity index (χ3n) is 7.79. The highest BCUT2D eigenvalue weighted by Crippen LogP contribution is 2.32. The Bertz CT molecular complexity index is 1400. The Balaban J connectivity index is 0.00000124. The molecule has 3 aromatic carbocycles. The van der Waals surface area contributed by atoms with Crippen molar-refractivity contribution in [3.63, 3.8) is 0 Å². The van der Waals surface area contributed by atoms with Gasteiger partial charge in [-0.15, -0.1) is 0 Å². The maximum atomic E-state index is 12.6. The molecule has 0 spiro atoms. The molecule has 1 saturated heterocycles. The number of benzene rings is 3. The largest absolute Gasteiger partial charge is 0.489 e. The predicted octanol–water partition coefficient (Wildman–Crippen LogP) is 10.9. The minimum absolute atomic E-state index is 0.0904. The second kappa shape index (κ2) is 18.2. The number of rotatable bonds is 12. The van der Waals surface area contributed by atoms with E-state index in [-0.39, 0.29) is 11.9 Å². The topological polar surface area (TPSA) is 59.3 Å². The van der Waals surface area contributed by atoms with Gasteiger partial charge in [-0.3, -0.25) is 4.79 Å². The number of carbonyl (C=O) groups is 1. The van der Waals surface area contributed by atoms with Crippen LogP contribution in [0.4, 0.5) is 0 Å². The number of hydrogen-bond donors (Lipinski definition) is 0. The number of unbranched alkanes of at least 4 members (excludes halogenated alkanes) is 4. The van der Waals surface area contributed by atoms with Crippen molar-refractivity contribution in [1.82, 2.24) is 0 Å². The number of nitrogens with zero attached hydrogens (tertiary/aromatic N) is 1. The Morgan fingerprint density at radius 3 is 2.30 bits per heavy atom. The van der Waals surface area contributed by atoms with Crippen LogP contribution in [0.5, 0.6) is 5.75 Å².